The van der Waals surface area contributed by atoms with E-state index >= 15 is 0 Å². The normalized spacial score (nSPS) is 17.9. The van der Waals surface area contributed by atoms with Crippen LogP contribution in [0.4, 0.5) is 0 Å². The van der Waals surface area contributed by atoms with Gasteiger partial charge >= 0.3 is 0 Å². The molecule has 30 heavy (non-hydrogen) atoms. The Hall–Kier alpha value is -2.35. The van der Waals surface area contributed by atoms with Crippen LogP contribution >= 0.6 is 11.6 Å². The molecule has 0 saturated carbocycles. The van der Waals surface area contributed by atoms with E-state index in [-0.39, 0.29) is 23.3 Å². The van der Waals surface area contributed by atoms with Gasteiger partial charge in [-0.1, -0.05) is 29.8 Å². The quantitative estimate of drug-likeness (QED) is 0.652. The average Bonchev–Trinajstić information content (AvgIpc) is 3.13. The van der Waals surface area contributed by atoms with Crippen molar-refractivity contribution in [3.8, 4) is 0 Å². The van der Waals surface area contributed by atoms with E-state index < -0.39 is 10.0 Å². The molecule has 2 aromatic carbocycles. The Morgan fingerprint density at radius 3 is 2.80 bits per heavy atom. The van der Waals surface area contributed by atoms with Gasteiger partial charge in [-0.15, -0.1) is 0 Å². The molecule has 2 heterocycles. The highest BCUT2D eigenvalue weighted by molar-refractivity contribution is 7.89. The zero-order valence-corrected chi connectivity index (χ0v) is 18.3. The van der Waals surface area contributed by atoms with Gasteiger partial charge < -0.3 is 9.88 Å². The first-order valence-corrected chi connectivity index (χ1v) is 11.7. The molecule has 1 fully saturated rings. The number of aryl methyl sites for hydroxylation is 1. The highest BCUT2D eigenvalue weighted by Gasteiger charge is 2.33. The second-order valence-corrected chi connectivity index (χ2v) is 10.0. The number of nitrogens with one attached hydrogen (secondary N) is 1. The van der Waals surface area contributed by atoms with Crippen molar-refractivity contribution in [3.63, 3.8) is 0 Å². The molecular formula is C22H24ClN3O3S. The van der Waals surface area contributed by atoms with Crippen molar-refractivity contribution in [1.29, 1.82) is 0 Å². The second kappa shape index (κ2) is 8.41. The summed E-state index contributed by atoms with van der Waals surface area (Å²) < 4.78 is 29.8. The average molecular weight is 446 g/mol. The largest absolute Gasteiger partial charge is 0.352 e. The lowest BCUT2D eigenvalue weighted by Gasteiger charge is -2.31. The SMILES string of the molecule is Cn1ccc2cc(S(=O)(=O)N3CCC[C@H](C(=O)NCc4ccccc4Cl)C3)ccc21. The third-order valence-corrected chi connectivity index (χ3v) is 7.89. The molecule has 0 aliphatic carbocycles. The fourth-order valence-electron chi connectivity index (χ4n) is 3.91. The minimum Gasteiger partial charge on any atom is -0.352 e. The van der Waals surface area contributed by atoms with Crippen molar-refractivity contribution in [1.82, 2.24) is 14.2 Å². The van der Waals surface area contributed by atoms with Crippen molar-refractivity contribution in [2.45, 2.75) is 24.3 Å². The molecule has 1 aliphatic rings. The van der Waals surface area contributed by atoms with Crippen LogP contribution < -0.4 is 5.32 Å². The van der Waals surface area contributed by atoms with Crippen LogP contribution in [-0.2, 0) is 28.4 Å². The number of rotatable bonds is 5. The van der Waals surface area contributed by atoms with Crippen molar-refractivity contribution < 1.29 is 13.2 Å². The summed E-state index contributed by atoms with van der Waals surface area (Å²) in [4.78, 5) is 13.0. The van der Waals surface area contributed by atoms with E-state index in [1.807, 2.05) is 48.1 Å². The van der Waals surface area contributed by atoms with Crippen LogP contribution in [-0.4, -0.2) is 36.3 Å². The number of piperidine rings is 1. The number of halogens is 1. The predicted molar refractivity (Wildman–Crippen MR) is 118 cm³/mol. The van der Waals surface area contributed by atoms with E-state index in [2.05, 4.69) is 5.32 Å². The summed E-state index contributed by atoms with van der Waals surface area (Å²) in [6.07, 6.45) is 3.22. The summed E-state index contributed by atoms with van der Waals surface area (Å²) in [5.41, 5.74) is 1.81. The Morgan fingerprint density at radius 2 is 2.00 bits per heavy atom. The zero-order valence-electron chi connectivity index (χ0n) is 16.7. The Labute approximate surface area is 181 Å². The van der Waals surface area contributed by atoms with Crippen LogP contribution in [0.2, 0.25) is 5.02 Å². The summed E-state index contributed by atoms with van der Waals surface area (Å²) in [6, 6.07) is 14.4. The van der Waals surface area contributed by atoms with Gasteiger partial charge in [0.1, 0.15) is 0 Å². The Kier molecular flexibility index (Phi) is 5.86. The lowest BCUT2D eigenvalue weighted by molar-refractivity contribution is -0.126. The fourth-order valence-corrected chi connectivity index (χ4v) is 5.67. The Morgan fingerprint density at radius 1 is 1.20 bits per heavy atom. The van der Waals surface area contributed by atoms with Crippen molar-refractivity contribution >= 4 is 38.4 Å². The standard InChI is InChI=1S/C22H24ClN3O3S/c1-25-12-10-16-13-19(8-9-21(16)25)30(28,29)26-11-4-6-18(15-26)22(27)24-14-17-5-2-3-7-20(17)23/h2-3,5,7-10,12-13,18H,4,6,11,14-15H2,1H3,(H,24,27)/t18-/m0/s1. The van der Waals surface area contributed by atoms with E-state index in [9.17, 15) is 13.2 Å². The van der Waals surface area contributed by atoms with Crippen molar-refractivity contribution in [2.24, 2.45) is 13.0 Å². The molecule has 158 valence electrons. The summed E-state index contributed by atoms with van der Waals surface area (Å²) in [6.45, 7) is 0.930. The number of nitrogens with zero attached hydrogens (tertiary/aromatic N) is 2. The molecule has 0 unspecified atom stereocenters. The Balaban J connectivity index is 1.46. The number of sulfonamides is 1. The van der Waals surface area contributed by atoms with Gasteiger partial charge in [-0.3, -0.25) is 4.79 Å². The summed E-state index contributed by atoms with van der Waals surface area (Å²) in [5, 5.41) is 4.38. The smallest absolute Gasteiger partial charge is 0.243 e. The minimum absolute atomic E-state index is 0.145. The molecule has 0 bridgehead atoms. The van der Waals surface area contributed by atoms with Gasteiger partial charge in [0.05, 0.1) is 10.8 Å². The van der Waals surface area contributed by atoms with Gasteiger partial charge in [0.15, 0.2) is 0 Å². The summed E-state index contributed by atoms with van der Waals surface area (Å²) >= 11 is 6.15. The number of carbonyl (C=O) groups excluding carboxylic acids is 1. The number of hydrogen-bond acceptors (Lipinski definition) is 3. The topological polar surface area (TPSA) is 71.4 Å². The molecule has 1 amide bonds. The molecule has 3 aromatic rings. The number of benzene rings is 2. The van der Waals surface area contributed by atoms with Gasteiger partial charge in [-0.2, -0.15) is 4.31 Å². The number of carbonyl (C=O) groups is 1. The van der Waals surface area contributed by atoms with E-state index in [0.29, 0.717) is 31.0 Å². The third-order valence-electron chi connectivity index (χ3n) is 5.66. The first-order chi connectivity index (χ1) is 14.4. The molecule has 0 spiro atoms. The van der Waals surface area contributed by atoms with Crippen LogP contribution in [0, 0.1) is 5.92 Å². The molecular weight excluding hydrogens is 422 g/mol. The molecule has 1 aromatic heterocycles. The third kappa shape index (κ3) is 4.10. The molecule has 8 heteroatoms. The van der Waals surface area contributed by atoms with E-state index in [0.717, 1.165) is 16.5 Å². The highest BCUT2D eigenvalue weighted by Crippen LogP contribution is 2.27. The van der Waals surface area contributed by atoms with Crippen LogP contribution in [0.1, 0.15) is 18.4 Å². The lowest BCUT2D eigenvalue weighted by Crippen LogP contribution is -2.45. The molecule has 6 nitrogen and oxygen atoms in total. The molecule has 4 rings (SSSR count). The van der Waals surface area contributed by atoms with Crippen molar-refractivity contribution in [3.05, 3.63) is 65.3 Å². The second-order valence-electron chi connectivity index (χ2n) is 7.66. The highest BCUT2D eigenvalue weighted by atomic mass is 35.5. The maximum atomic E-state index is 13.2. The van der Waals surface area contributed by atoms with Crippen LogP contribution in [0.5, 0.6) is 0 Å². The molecule has 0 radical (unpaired) electrons. The summed E-state index contributed by atoms with van der Waals surface area (Å²) in [5.74, 6) is -0.523. The first kappa shape index (κ1) is 20.9. The van der Waals surface area contributed by atoms with Crippen LogP contribution in [0.25, 0.3) is 10.9 Å². The predicted octanol–water partition coefficient (Wildman–Crippen LogP) is 3.55. The molecule has 1 N–H and O–H groups in total. The molecule has 1 saturated heterocycles. The van der Waals surface area contributed by atoms with Gasteiger partial charge in [-0.05, 0) is 48.7 Å². The van der Waals surface area contributed by atoms with Gasteiger partial charge in [-0.25, -0.2) is 8.42 Å². The number of amides is 1. The first-order valence-electron chi connectivity index (χ1n) is 9.92. The Bertz CT molecular complexity index is 1190. The van der Waals surface area contributed by atoms with Gasteiger partial charge in [0.25, 0.3) is 0 Å². The van der Waals surface area contributed by atoms with Crippen molar-refractivity contribution in [2.75, 3.05) is 13.1 Å². The minimum atomic E-state index is -3.66. The molecule has 1 atom stereocenters. The van der Waals surface area contributed by atoms with E-state index in [1.54, 1.807) is 18.2 Å². The number of hydrogen-bond donors (Lipinski definition) is 1. The lowest BCUT2D eigenvalue weighted by atomic mass is 9.99. The van der Waals surface area contributed by atoms with Crippen LogP contribution in [0.15, 0.2) is 59.6 Å². The maximum Gasteiger partial charge on any atom is 0.243 e. The fraction of sp³-hybridized carbons (Fsp3) is 0.318. The zero-order chi connectivity index (χ0) is 21.3. The molecule has 1 aliphatic heterocycles. The van der Waals surface area contributed by atoms with Gasteiger partial charge in [0, 0.05) is 48.8 Å². The van der Waals surface area contributed by atoms with Crippen LogP contribution in [0.3, 0.4) is 0 Å². The maximum absolute atomic E-state index is 13.2. The van der Waals surface area contributed by atoms with Gasteiger partial charge in [0.2, 0.25) is 15.9 Å². The number of aromatic nitrogens is 1. The number of fused-ring (bicyclic) bond motifs is 1. The summed E-state index contributed by atoms with van der Waals surface area (Å²) in [7, 11) is -1.74. The van der Waals surface area contributed by atoms with E-state index in [4.69, 9.17) is 11.6 Å². The monoisotopic (exact) mass is 445 g/mol. The van der Waals surface area contributed by atoms with E-state index in [1.165, 1.54) is 4.31 Å².